The third-order valence-corrected chi connectivity index (χ3v) is 9.07. The number of rotatable bonds is 6. The minimum absolute atomic E-state index is 0.0194. The quantitative estimate of drug-likeness (QED) is 0.390. The van der Waals surface area contributed by atoms with E-state index in [1.54, 1.807) is 0 Å². The van der Waals surface area contributed by atoms with E-state index in [1.807, 2.05) is 60.7 Å². The van der Waals surface area contributed by atoms with Crippen LogP contribution in [0.3, 0.4) is 0 Å². The van der Waals surface area contributed by atoms with Gasteiger partial charge in [0.05, 0.1) is 13.2 Å². The highest BCUT2D eigenvalue weighted by Crippen LogP contribution is 2.30. The topological polar surface area (TPSA) is 43.4 Å². The summed E-state index contributed by atoms with van der Waals surface area (Å²) in [5, 5.41) is 0. The third-order valence-electron chi connectivity index (χ3n) is 5.34. The molecule has 0 aromatic heterocycles. The molecular formula is C24H28N2O4S4. The number of thiocarbonyl (C=S) groups is 2. The number of nitrogens with zero attached hydrogens (tertiary/aromatic N) is 2. The summed E-state index contributed by atoms with van der Waals surface area (Å²) >= 11 is 11.4. The molecule has 2 atom stereocenters. The summed E-state index contributed by atoms with van der Waals surface area (Å²) in [6.45, 7) is 5.23. The summed E-state index contributed by atoms with van der Waals surface area (Å²) in [5.41, 5.74) is 0. The van der Waals surface area contributed by atoms with Gasteiger partial charge in [0.25, 0.3) is 0 Å². The normalized spacial score (nSPS) is 20.6. The number of para-hydroxylation sites is 2. The van der Waals surface area contributed by atoms with Gasteiger partial charge in [0.2, 0.25) is 0 Å². The molecule has 2 aromatic carbocycles. The van der Waals surface area contributed by atoms with E-state index >= 15 is 0 Å². The van der Waals surface area contributed by atoms with Crippen molar-refractivity contribution in [3.63, 3.8) is 0 Å². The van der Waals surface area contributed by atoms with E-state index < -0.39 is 0 Å². The minimum atomic E-state index is -0.0194. The molecule has 0 radical (unpaired) electrons. The van der Waals surface area contributed by atoms with Crippen molar-refractivity contribution in [1.82, 2.24) is 9.80 Å². The van der Waals surface area contributed by atoms with E-state index in [0.29, 0.717) is 39.5 Å². The van der Waals surface area contributed by atoms with E-state index in [4.69, 9.17) is 43.4 Å². The minimum Gasteiger partial charge on any atom is -0.491 e. The SMILES string of the molecule is S=C(SSC(=S)N1CCOC(COc2ccccc2)C1)N1CCOC(COc2ccccc2)C1. The summed E-state index contributed by atoms with van der Waals surface area (Å²) in [4.78, 5) is 4.35. The monoisotopic (exact) mass is 536 g/mol. The zero-order chi connectivity index (χ0) is 23.6. The van der Waals surface area contributed by atoms with Crippen LogP contribution in [0, 0.1) is 0 Å². The first-order valence-corrected chi connectivity index (χ1v) is 14.2. The molecular weight excluding hydrogens is 509 g/mol. The van der Waals surface area contributed by atoms with Crippen LogP contribution in [-0.2, 0) is 9.47 Å². The van der Waals surface area contributed by atoms with Crippen molar-refractivity contribution in [3.8, 4) is 11.5 Å². The molecule has 2 unspecified atom stereocenters. The van der Waals surface area contributed by atoms with E-state index in [9.17, 15) is 0 Å². The average Bonchev–Trinajstić information content (AvgIpc) is 2.90. The molecule has 0 spiro atoms. The molecule has 2 saturated heterocycles. The highest BCUT2D eigenvalue weighted by Gasteiger charge is 2.26. The van der Waals surface area contributed by atoms with Crippen LogP contribution in [-0.4, -0.2) is 83.3 Å². The van der Waals surface area contributed by atoms with Crippen LogP contribution < -0.4 is 9.47 Å². The Kier molecular flexibility index (Phi) is 10.1. The predicted molar refractivity (Wildman–Crippen MR) is 147 cm³/mol. The average molecular weight is 537 g/mol. The molecule has 6 nitrogen and oxygen atoms in total. The third kappa shape index (κ3) is 8.00. The molecule has 182 valence electrons. The molecule has 2 aromatic rings. The lowest BCUT2D eigenvalue weighted by Gasteiger charge is -2.35. The van der Waals surface area contributed by atoms with Crippen molar-refractivity contribution in [1.29, 1.82) is 0 Å². The van der Waals surface area contributed by atoms with Gasteiger partial charge in [-0.3, -0.25) is 0 Å². The van der Waals surface area contributed by atoms with Crippen LogP contribution in [0.2, 0.25) is 0 Å². The largest absolute Gasteiger partial charge is 0.491 e. The standard InChI is InChI=1S/C24H28N2O4S4/c31-23(25-11-13-27-21(15-25)17-29-19-7-3-1-4-8-19)33-34-24(32)26-12-14-28-22(16-26)18-30-20-9-5-2-6-10-20/h1-10,21-22H,11-18H2. The second-order valence-corrected chi connectivity index (χ2v) is 11.2. The molecule has 0 N–H and O–H groups in total. The number of hydrogen-bond donors (Lipinski definition) is 0. The zero-order valence-electron chi connectivity index (χ0n) is 18.7. The Labute approximate surface area is 219 Å². The number of morpholine rings is 2. The lowest BCUT2D eigenvalue weighted by atomic mass is 10.3. The lowest BCUT2D eigenvalue weighted by Crippen LogP contribution is -2.47. The van der Waals surface area contributed by atoms with Crippen molar-refractivity contribution in [2.75, 3.05) is 52.6 Å². The van der Waals surface area contributed by atoms with Crippen LogP contribution in [0.5, 0.6) is 11.5 Å². The van der Waals surface area contributed by atoms with Gasteiger partial charge in [0.1, 0.15) is 45.6 Å². The van der Waals surface area contributed by atoms with Crippen molar-refractivity contribution < 1.29 is 18.9 Å². The Hall–Kier alpha value is -1.56. The van der Waals surface area contributed by atoms with E-state index in [1.165, 1.54) is 21.6 Å². The van der Waals surface area contributed by atoms with Crippen molar-refractivity contribution >= 4 is 54.7 Å². The molecule has 0 aliphatic carbocycles. The summed E-state index contributed by atoms with van der Waals surface area (Å²) in [7, 11) is 3.07. The summed E-state index contributed by atoms with van der Waals surface area (Å²) in [5.74, 6) is 1.69. The molecule has 4 rings (SSSR count). The molecule has 2 heterocycles. The van der Waals surface area contributed by atoms with Gasteiger partial charge in [0.15, 0.2) is 0 Å². The van der Waals surface area contributed by atoms with Gasteiger partial charge in [-0.25, -0.2) is 0 Å². The summed E-state index contributed by atoms with van der Waals surface area (Å²) < 4.78 is 25.1. The Morgan fingerprint density at radius 3 is 1.56 bits per heavy atom. The molecule has 0 amide bonds. The fourth-order valence-electron chi connectivity index (χ4n) is 3.56. The summed E-state index contributed by atoms with van der Waals surface area (Å²) in [6, 6.07) is 19.6. The molecule has 0 saturated carbocycles. The first-order valence-electron chi connectivity index (χ1n) is 11.2. The highest BCUT2D eigenvalue weighted by atomic mass is 33.1. The second kappa shape index (κ2) is 13.5. The van der Waals surface area contributed by atoms with Gasteiger partial charge in [-0.05, 0) is 45.9 Å². The number of benzene rings is 2. The highest BCUT2D eigenvalue weighted by molar-refractivity contribution is 8.89. The van der Waals surface area contributed by atoms with Gasteiger partial charge in [-0.15, -0.1) is 0 Å². The van der Waals surface area contributed by atoms with E-state index in [-0.39, 0.29) is 12.2 Å². The number of ether oxygens (including phenoxy) is 4. The van der Waals surface area contributed by atoms with E-state index in [2.05, 4.69) is 9.80 Å². The molecule has 10 heteroatoms. The van der Waals surface area contributed by atoms with Crippen molar-refractivity contribution in [2.45, 2.75) is 12.2 Å². The Morgan fingerprint density at radius 2 is 1.15 bits per heavy atom. The fourth-order valence-corrected chi connectivity index (χ4v) is 6.25. The van der Waals surface area contributed by atoms with Gasteiger partial charge >= 0.3 is 0 Å². The van der Waals surface area contributed by atoms with Crippen molar-refractivity contribution in [2.24, 2.45) is 0 Å². The molecule has 2 fully saturated rings. The Bertz CT molecular complexity index is 846. The fraction of sp³-hybridized carbons (Fsp3) is 0.417. The zero-order valence-corrected chi connectivity index (χ0v) is 22.0. The van der Waals surface area contributed by atoms with Crippen LogP contribution in [0.4, 0.5) is 0 Å². The summed E-state index contributed by atoms with van der Waals surface area (Å²) in [6.07, 6.45) is -0.0388. The van der Waals surface area contributed by atoms with Crippen LogP contribution in [0.1, 0.15) is 0 Å². The molecule has 2 aliphatic rings. The lowest BCUT2D eigenvalue weighted by molar-refractivity contribution is -0.0273. The van der Waals surface area contributed by atoms with E-state index in [0.717, 1.165) is 33.2 Å². The Morgan fingerprint density at radius 1 is 0.735 bits per heavy atom. The van der Waals surface area contributed by atoms with Gasteiger partial charge in [-0.1, -0.05) is 60.8 Å². The van der Waals surface area contributed by atoms with Gasteiger partial charge in [0, 0.05) is 26.2 Å². The number of hydrogen-bond acceptors (Lipinski definition) is 8. The van der Waals surface area contributed by atoms with Gasteiger partial charge < -0.3 is 28.7 Å². The molecule has 0 bridgehead atoms. The first-order chi connectivity index (χ1) is 16.7. The predicted octanol–water partition coefficient (Wildman–Crippen LogP) is 4.50. The van der Waals surface area contributed by atoms with Crippen LogP contribution in [0.15, 0.2) is 60.7 Å². The Balaban J connectivity index is 1.17. The molecule has 2 aliphatic heterocycles. The first kappa shape index (κ1) is 25.5. The second-order valence-electron chi connectivity index (χ2n) is 7.82. The maximum atomic E-state index is 5.87. The van der Waals surface area contributed by atoms with Gasteiger partial charge in [-0.2, -0.15) is 0 Å². The maximum Gasteiger partial charge on any atom is 0.147 e. The van der Waals surface area contributed by atoms with Crippen LogP contribution in [0.25, 0.3) is 0 Å². The smallest absolute Gasteiger partial charge is 0.147 e. The van der Waals surface area contributed by atoms with Crippen molar-refractivity contribution in [3.05, 3.63) is 60.7 Å². The van der Waals surface area contributed by atoms with Crippen LogP contribution >= 0.6 is 46.0 Å². The molecule has 34 heavy (non-hydrogen) atoms. The maximum absolute atomic E-state index is 5.87.